The van der Waals surface area contributed by atoms with Crippen LogP contribution < -0.4 is 5.32 Å². The zero-order valence-electron chi connectivity index (χ0n) is 41.2. The van der Waals surface area contributed by atoms with E-state index in [0.717, 1.165) is 57.9 Å². The molecule has 7 rings (SSSR count). The van der Waals surface area contributed by atoms with Crippen molar-refractivity contribution in [1.82, 2.24) is 5.32 Å². The van der Waals surface area contributed by atoms with E-state index in [1.807, 2.05) is 0 Å². The van der Waals surface area contributed by atoms with E-state index in [4.69, 9.17) is 23.7 Å². The van der Waals surface area contributed by atoms with Crippen LogP contribution in [0, 0.1) is 80.3 Å². The Morgan fingerprint density at radius 3 is 2.05 bits per heavy atom. The van der Waals surface area contributed by atoms with Crippen molar-refractivity contribution in [3.8, 4) is 0 Å². The molecule has 0 radical (unpaired) electrons. The molecule has 352 valence electrons. The van der Waals surface area contributed by atoms with Gasteiger partial charge >= 0.3 is 11.9 Å². The summed E-state index contributed by atoms with van der Waals surface area (Å²) in [4.78, 5) is 39.1. The van der Waals surface area contributed by atoms with E-state index in [2.05, 4.69) is 88.1 Å². The van der Waals surface area contributed by atoms with Gasteiger partial charge < -0.3 is 29.0 Å². The van der Waals surface area contributed by atoms with Gasteiger partial charge in [0.15, 0.2) is 12.4 Å². The van der Waals surface area contributed by atoms with Crippen molar-refractivity contribution in [2.45, 2.75) is 210 Å². The third-order valence-corrected chi connectivity index (χ3v) is 20.7. The van der Waals surface area contributed by atoms with Crippen molar-refractivity contribution < 1.29 is 38.1 Å². The number of nitrogens with one attached hydrogen (secondary N) is 1. The largest absolute Gasteiger partial charge is 0.458 e. The smallest absolute Gasteiger partial charge is 0.303 e. The highest BCUT2D eigenvalue weighted by Gasteiger charge is 2.72. The van der Waals surface area contributed by atoms with Gasteiger partial charge in [0, 0.05) is 20.4 Å². The summed E-state index contributed by atoms with van der Waals surface area (Å²) in [6.45, 7) is 34.7. The normalized spacial score (nSPS) is 49.9. The Morgan fingerprint density at radius 1 is 0.726 bits per heavy atom. The average Bonchev–Trinajstić information content (AvgIpc) is 3.62. The Hall–Kier alpha value is -1.97. The predicted molar refractivity (Wildman–Crippen MR) is 243 cm³/mol. The van der Waals surface area contributed by atoms with Crippen LogP contribution in [0.1, 0.15) is 173 Å². The van der Waals surface area contributed by atoms with E-state index in [9.17, 15) is 14.4 Å². The van der Waals surface area contributed by atoms with Gasteiger partial charge in [-0.15, -0.1) is 0 Å². The maximum atomic E-state index is 14.3. The molecule has 1 amide bonds. The van der Waals surface area contributed by atoms with Gasteiger partial charge in [-0.2, -0.15) is 0 Å². The summed E-state index contributed by atoms with van der Waals surface area (Å²) in [6.07, 6.45) is 11.1. The Kier molecular flexibility index (Phi) is 13.7. The van der Waals surface area contributed by atoms with Crippen molar-refractivity contribution in [2.24, 2.45) is 80.3 Å². The highest BCUT2D eigenvalue weighted by molar-refractivity contribution is 5.84. The van der Waals surface area contributed by atoms with Gasteiger partial charge in [0.25, 0.3) is 0 Å². The summed E-state index contributed by atoms with van der Waals surface area (Å²) < 4.78 is 33.0. The van der Waals surface area contributed by atoms with E-state index in [1.165, 1.54) is 45.1 Å². The van der Waals surface area contributed by atoms with Crippen LogP contribution in [-0.4, -0.2) is 67.8 Å². The molecule has 0 aromatic rings. The minimum absolute atomic E-state index is 0.00517. The molecule has 62 heavy (non-hydrogen) atoms. The lowest BCUT2D eigenvalue weighted by Gasteiger charge is -2.73. The number of carbonyl (C=O) groups is 3. The Morgan fingerprint density at radius 2 is 1.40 bits per heavy atom. The molecule has 0 aromatic carbocycles. The first kappa shape index (κ1) is 48.0. The van der Waals surface area contributed by atoms with Crippen LogP contribution in [-0.2, 0) is 38.1 Å². The number of rotatable bonds is 11. The monoisotopic (exact) mass is 866 g/mol. The molecule has 7 aliphatic rings. The van der Waals surface area contributed by atoms with E-state index < -0.39 is 30.6 Å². The second-order valence-electron chi connectivity index (χ2n) is 23.5. The van der Waals surface area contributed by atoms with Crippen molar-refractivity contribution in [2.75, 3.05) is 13.2 Å². The SMILES string of the molecule is C=C(C)C1CC[C@]2(C(=O)NCCC)CC[C@]3(C)C(CCC4[C@@]5(C)CC[C@H](O[C@@H]6OC[C@H](C)[C@H](C)[C@H]6OC6C[C@@H](C)[C@H](C)[C@@H](OC(C)=O)[C@H]6OC(C)=O)[C@@](C)(CC)[C@@H]5CC[C@]43C)C12. The molecule has 0 spiro atoms. The second-order valence-corrected chi connectivity index (χ2v) is 23.5. The summed E-state index contributed by atoms with van der Waals surface area (Å²) in [7, 11) is 0. The number of fused-ring (bicyclic) bond motifs is 7. The van der Waals surface area contributed by atoms with E-state index in [1.54, 1.807) is 0 Å². The van der Waals surface area contributed by atoms with Crippen LogP contribution in [0.4, 0.5) is 0 Å². The number of amides is 1. The van der Waals surface area contributed by atoms with Crippen molar-refractivity contribution in [3.63, 3.8) is 0 Å². The van der Waals surface area contributed by atoms with Crippen molar-refractivity contribution >= 4 is 17.8 Å². The highest BCUT2D eigenvalue weighted by Crippen LogP contribution is 2.78. The van der Waals surface area contributed by atoms with Crippen LogP contribution in [0.15, 0.2) is 12.2 Å². The lowest BCUT2D eigenvalue weighted by molar-refractivity contribution is -0.319. The third kappa shape index (κ3) is 7.65. The number of hydrogen-bond acceptors (Lipinski definition) is 8. The summed E-state index contributed by atoms with van der Waals surface area (Å²) in [5.41, 5.74) is 1.48. The predicted octanol–water partition coefficient (Wildman–Crippen LogP) is 10.9. The maximum Gasteiger partial charge on any atom is 0.303 e. The topological polar surface area (TPSA) is 109 Å². The summed E-state index contributed by atoms with van der Waals surface area (Å²) in [5.74, 6) is 2.54. The molecule has 0 aromatic heterocycles. The van der Waals surface area contributed by atoms with Crippen LogP contribution in [0.2, 0.25) is 0 Å². The van der Waals surface area contributed by atoms with Gasteiger partial charge in [0.05, 0.1) is 24.2 Å². The molecule has 6 saturated carbocycles. The lowest BCUT2D eigenvalue weighted by Crippen LogP contribution is -2.68. The molecule has 1 aliphatic heterocycles. The van der Waals surface area contributed by atoms with Gasteiger partial charge in [0.1, 0.15) is 12.2 Å². The molecule has 1 N–H and O–H groups in total. The Bertz CT molecular complexity index is 1680. The van der Waals surface area contributed by atoms with E-state index in [0.29, 0.717) is 48.5 Å². The van der Waals surface area contributed by atoms with Gasteiger partial charge in [-0.3, -0.25) is 14.4 Å². The molecule has 20 atom stereocenters. The first-order chi connectivity index (χ1) is 29.1. The Labute approximate surface area is 376 Å². The highest BCUT2D eigenvalue weighted by atomic mass is 16.7. The van der Waals surface area contributed by atoms with E-state index >= 15 is 0 Å². The zero-order chi connectivity index (χ0) is 45.3. The standard InChI is InChI=1S/C53H87NO8/c1-15-27-54-48(57)53-24-19-37(30(3)4)43(53)38-17-18-41-50(12)22-21-42(49(11,16-2)40(50)20-23-52(41,14)51(38,13)25-26-53)62-47-45(34(8)32(6)29-58-47)61-39-28-31(5)33(7)44(59-35(9)55)46(39)60-36(10)56/h31-34,37-47H,3,15-29H2,1-2,4-14H3,(H,54,57)/t31-,32+,33+,34+,37?,38?,39?,40+,41?,42+,43?,44-,45-,46+,47+,49+,50+,51-,52-,53+/m1/s1. The zero-order valence-corrected chi connectivity index (χ0v) is 41.2. The number of allylic oxidation sites excluding steroid dienone is 1. The number of esters is 2. The van der Waals surface area contributed by atoms with Gasteiger partial charge in [0.2, 0.25) is 5.91 Å². The fourth-order valence-electron chi connectivity index (χ4n) is 16.6. The summed E-state index contributed by atoms with van der Waals surface area (Å²) in [6, 6.07) is 0. The van der Waals surface area contributed by atoms with E-state index in [-0.39, 0.29) is 68.9 Å². The third-order valence-electron chi connectivity index (χ3n) is 20.7. The molecule has 7 fully saturated rings. The minimum Gasteiger partial charge on any atom is -0.458 e. The maximum absolute atomic E-state index is 14.3. The lowest BCUT2D eigenvalue weighted by atomic mass is 9.32. The number of carbonyl (C=O) groups excluding carboxylic acids is 3. The number of ether oxygens (including phenoxy) is 5. The molecule has 0 bridgehead atoms. The average molecular weight is 866 g/mol. The molecule has 6 aliphatic carbocycles. The molecule has 1 heterocycles. The molecule has 9 heteroatoms. The quantitative estimate of drug-likeness (QED) is 0.124. The molecular formula is C53H87NO8. The summed E-state index contributed by atoms with van der Waals surface area (Å²) >= 11 is 0. The van der Waals surface area contributed by atoms with Crippen LogP contribution >= 0.6 is 0 Å². The van der Waals surface area contributed by atoms with Gasteiger partial charge in [-0.25, -0.2) is 0 Å². The van der Waals surface area contributed by atoms with Crippen LogP contribution in [0.25, 0.3) is 0 Å². The molecule has 9 nitrogen and oxygen atoms in total. The van der Waals surface area contributed by atoms with Crippen LogP contribution in [0.3, 0.4) is 0 Å². The van der Waals surface area contributed by atoms with Crippen molar-refractivity contribution in [3.05, 3.63) is 12.2 Å². The first-order valence-electron chi connectivity index (χ1n) is 25.3. The molecule has 1 saturated heterocycles. The molecular weight excluding hydrogens is 779 g/mol. The fraction of sp³-hybridized carbons (Fsp3) is 0.906. The summed E-state index contributed by atoms with van der Waals surface area (Å²) in [5, 5.41) is 3.41. The number of hydrogen-bond donors (Lipinski definition) is 1. The van der Waals surface area contributed by atoms with Gasteiger partial charge in [-0.1, -0.05) is 81.4 Å². The van der Waals surface area contributed by atoms with Crippen molar-refractivity contribution in [1.29, 1.82) is 0 Å². The minimum atomic E-state index is -0.711. The van der Waals surface area contributed by atoms with Gasteiger partial charge in [-0.05, 0) is 165 Å². The Balaban J connectivity index is 1.14. The first-order valence-corrected chi connectivity index (χ1v) is 25.3. The van der Waals surface area contributed by atoms with Crippen LogP contribution in [0.5, 0.6) is 0 Å². The second kappa shape index (κ2) is 17.7. The molecule has 5 unspecified atom stereocenters. The fourth-order valence-corrected chi connectivity index (χ4v) is 16.6.